The van der Waals surface area contributed by atoms with E-state index in [0.717, 1.165) is 5.56 Å². The molecular formula is C21H20O5. The first-order chi connectivity index (χ1) is 12.4. The molecule has 0 radical (unpaired) electrons. The Morgan fingerprint density at radius 3 is 2.62 bits per heavy atom. The van der Waals surface area contributed by atoms with E-state index in [1.165, 1.54) is 12.1 Å². The molecule has 0 amide bonds. The topological polar surface area (TPSA) is 76.0 Å². The van der Waals surface area contributed by atoms with Gasteiger partial charge in [0.15, 0.2) is 5.78 Å². The molecule has 1 fully saturated rings. The van der Waals surface area contributed by atoms with Crippen molar-refractivity contribution in [3.05, 3.63) is 65.2 Å². The molecule has 3 atom stereocenters. The van der Waals surface area contributed by atoms with Gasteiger partial charge in [-0.1, -0.05) is 36.4 Å². The maximum absolute atomic E-state index is 12.6. The van der Waals surface area contributed by atoms with Crippen molar-refractivity contribution in [1.82, 2.24) is 0 Å². The molecule has 0 aromatic heterocycles. The number of ether oxygens (including phenoxy) is 2. The van der Waals surface area contributed by atoms with Crippen LogP contribution in [0.25, 0.3) is 6.08 Å². The Morgan fingerprint density at radius 2 is 1.88 bits per heavy atom. The molecule has 26 heavy (non-hydrogen) atoms. The first-order valence-electron chi connectivity index (χ1n) is 8.54. The summed E-state index contributed by atoms with van der Waals surface area (Å²) in [7, 11) is 0. The smallest absolute Gasteiger partial charge is 0.210 e. The molecule has 2 aliphatic heterocycles. The molecule has 2 aromatic carbocycles. The monoisotopic (exact) mass is 352 g/mol. The van der Waals surface area contributed by atoms with Gasteiger partial charge in [0.2, 0.25) is 6.29 Å². The fourth-order valence-electron chi connectivity index (χ4n) is 3.58. The van der Waals surface area contributed by atoms with Gasteiger partial charge >= 0.3 is 0 Å². The third-order valence-corrected chi connectivity index (χ3v) is 5.01. The number of aliphatic hydroxyl groups is 1. The number of phenolic OH excluding ortho intramolecular Hbond substituents is 1. The zero-order valence-electron chi connectivity index (χ0n) is 14.5. The third kappa shape index (κ3) is 2.60. The molecule has 2 aliphatic rings. The highest BCUT2D eigenvalue weighted by Gasteiger charge is 2.56. The number of allylic oxidation sites excluding steroid dienone is 1. The molecule has 2 aromatic rings. The zero-order valence-corrected chi connectivity index (χ0v) is 14.5. The van der Waals surface area contributed by atoms with Crippen LogP contribution in [0.1, 0.15) is 41.3 Å². The molecule has 134 valence electrons. The first kappa shape index (κ1) is 16.8. The Balaban J connectivity index is 1.67. The van der Waals surface area contributed by atoms with E-state index >= 15 is 0 Å². The average molecular weight is 352 g/mol. The van der Waals surface area contributed by atoms with Crippen LogP contribution >= 0.6 is 0 Å². The maximum atomic E-state index is 12.6. The molecule has 0 bridgehead atoms. The molecule has 5 nitrogen and oxygen atoms in total. The second-order valence-electron chi connectivity index (χ2n) is 7.16. The largest absolute Gasteiger partial charge is 0.507 e. The van der Waals surface area contributed by atoms with E-state index in [4.69, 9.17) is 9.47 Å². The number of hydrogen-bond acceptors (Lipinski definition) is 5. The number of phenols is 1. The molecular weight excluding hydrogens is 332 g/mol. The van der Waals surface area contributed by atoms with Crippen LogP contribution in [-0.2, 0) is 4.74 Å². The van der Waals surface area contributed by atoms with Crippen LogP contribution in [0.15, 0.2) is 48.5 Å². The molecule has 0 saturated carbocycles. The Bertz CT molecular complexity index is 885. The summed E-state index contributed by atoms with van der Waals surface area (Å²) < 4.78 is 11.5. The lowest BCUT2D eigenvalue weighted by molar-refractivity contribution is -0.118. The van der Waals surface area contributed by atoms with E-state index in [1.54, 1.807) is 26.0 Å². The van der Waals surface area contributed by atoms with Crippen molar-refractivity contribution >= 4 is 11.9 Å². The molecule has 1 saturated heterocycles. The minimum Gasteiger partial charge on any atom is -0.507 e. The normalized spacial score (nSPS) is 25.7. The van der Waals surface area contributed by atoms with Gasteiger partial charge in [0, 0.05) is 5.56 Å². The summed E-state index contributed by atoms with van der Waals surface area (Å²) in [6.07, 6.45) is 1.62. The van der Waals surface area contributed by atoms with Gasteiger partial charge in [-0.25, -0.2) is 0 Å². The molecule has 2 heterocycles. The summed E-state index contributed by atoms with van der Waals surface area (Å²) in [5.41, 5.74) is 0.725. The molecule has 2 N–H and O–H groups in total. The fourth-order valence-corrected chi connectivity index (χ4v) is 3.58. The standard InChI is InChI=1S/C21H20O5/c1-21(2)19(24)17-16-15(25-20(17)26-21)11-9-13(18(16)23)14(22)10-8-12-6-4-3-5-7-12/h3-11,17,19-20,23-24H,1-2H3. The first-order valence-corrected chi connectivity index (χ1v) is 8.54. The van der Waals surface area contributed by atoms with Gasteiger partial charge in [-0.3, -0.25) is 4.79 Å². The number of ketones is 1. The van der Waals surface area contributed by atoms with Gasteiger partial charge in [0.05, 0.1) is 23.2 Å². The van der Waals surface area contributed by atoms with Crippen molar-refractivity contribution in [2.75, 3.05) is 0 Å². The van der Waals surface area contributed by atoms with E-state index in [-0.39, 0.29) is 17.1 Å². The highest BCUT2D eigenvalue weighted by atomic mass is 16.7. The summed E-state index contributed by atoms with van der Waals surface area (Å²) in [5.74, 6) is -0.551. The van der Waals surface area contributed by atoms with E-state index < -0.39 is 23.9 Å². The van der Waals surface area contributed by atoms with Gasteiger partial charge in [-0.15, -0.1) is 0 Å². The quantitative estimate of drug-likeness (QED) is 0.655. The van der Waals surface area contributed by atoms with Gasteiger partial charge in [0.25, 0.3) is 0 Å². The van der Waals surface area contributed by atoms with Crippen LogP contribution in [0.5, 0.6) is 11.5 Å². The van der Waals surface area contributed by atoms with Crippen LogP contribution < -0.4 is 4.74 Å². The van der Waals surface area contributed by atoms with Gasteiger partial charge in [0.1, 0.15) is 11.5 Å². The van der Waals surface area contributed by atoms with Crippen LogP contribution in [0.3, 0.4) is 0 Å². The van der Waals surface area contributed by atoms with Crippen molar-refractivity contribution in [3.63, 3.8) is 0 Å². The Morgan fingerprint density at radius 1 is 1.15 bits per heavy atom. The lowest BCUT2D eigenvalue weighted by atomic mass is 9.86. The summed E-state index contributed by atoms with van der Waals surface area (Å²) >= 11 is 0. The zero-order chi connectivity index (χ0) is 18.5. The fraction of sp³-hybridized carbons (Fsp3) is 0.286. The average Bonchev–Trinajstić information content (AvgIpc) is 3.07. The second-order valence-corrected chi connectivity index (χ2v) is 7.16. The number of carbonyl (C=O) groups is 1. The number of fused-ring (bicyclic) bond motifs is 3. The highest BCUT2D eigenvalue weighted by Crippen LogP contribution is 2.53. The number of aliphatic hydroxyl groups excluding tert-OH is 1. The van der Waals surface area contributed by atoms with Crippen molar-refractivity contribution < 1.29 is 24.5 Å². The number of carbonyl (C=O) groups excluding carboxylic acids is 1. The Labute approximate surface area is 151 Å². The molecule has 3 unspecified atom stereocenters. The van der Waals surface area contributed by atoms with Crippen LogP contribution in [-0.4, -0.2) is 34.0 Å². The molecule has 0 aliphatic carbocycles. The maximum Gasteiger partial charge on any atom is 0.210 e. The van der Waals surface area contributed by atoms with E-state index in [0.29, 0.717) is 11.3 Å². The molecule has 5 heteroatoms. The van der Waals surface area contributed by atoms with Gasteiger partial charge < -0.3 is 19.7 Å². The summed E-state index contributed by atoms with van der Waals surface area (Å²) in [6, 6.07) is 12.6. The van der Waals surface area contributed by atoms with Gasteiger partial charge in [-0.2, -0.15) is 0 Å². The SMILES string of the molecule is CC1(C)OC2Oc3ccc(C(=O)C=Cc4ccccc4)c(O)c3C2C1O. The van der Waals surface area contributed by atoms with Crippen molar-refractivity contribution in [3.8, 4) is 11.5 Å². The van der Waals surface area contributed by atoms with E-state index in [9.17, 15) is 15.0 Å². The van der Waals surface area contributed by atoms with Crippen molar-refractivity contribution in [2.24, 2.45) is 0 Å². The summed E-state index contributed by atoms with van der Waals surface area (Å²) in [6.45, 7) is 3.54. The second kappa shape index (κ2) is 5.97. The van der Waals surface area contributed by atoms with Crippen molar-refractivity contribution in [2.45, 2.75) is 37.8 Å². The Hall–Kier alpha value is -2.63. The Kier molecular flexibility index (Phi) is 3.86. The highest BCUT2D eigenvalue weighted by molar-refractivity contribution is 6.09. The van der Waals surface area contributed by atoms with Gasteiger partial charge in [-0.05, 0) is 37.6 Å². The minimum absolute atomic E-state index is 0.155. The van der Waals surface area contributed by atoms with Crippen LogP contribution in [0, 0.1) is 0 Å². The minimum atomic E-state index is -0.843. The van der Waals surface area contributed by atoms with E-state index in [2.05, 4.69) is 0 Å². The number of aromatic hydroxyl groups is 1. The lowest BCUT2D eigenvalue weighted by Crippen LogP contribution is -2.34. The third-order valence-electron chi connectivity index (χ3n) is 5.01. The van der Waals surface area contributed by atoms with E-state index in [1.807, 2.05) is 30.3 Å². The van der Waals surface area contributed by atoms with Crippen LogP contribution in [0.4, 0.5) is 0 Å². The predicted octanol–water partition coefficient (Wildman–Crippen LogP) is 3.26. The number of hydrogen-bond donors (Lipinski definition) is 2. The summed E-state index contributed by atoms with van der Waals surface area (Å²) in [4.78, 5) is 12.6. The lowest BCUT2D eigenvalue weighted by Gasteiger charge is -2.24. The summed E-state index contributed by atoms with van der Waals surface area (Å²) in [5, 5.41) is 21.3. The predicted molar refractivity (Wildman–Crippen MR) is 96.2 cm³/mol. The van der Waals surface area contributed by atoms with Crippen LogP contribution in [0.2, 0.25) is 0 Å². The molecule has 0 spiro atoms. The van der Waals surface area contributed by atoms with Crippen molar-refractivity contribution in [1.29, 1.82) is 0 Å². The number of benzene rings is 2. The molecule has 4 rings (SSSR count). The number of rotatable bonds is 3.